The van der Waals surface area contributed by atoms with Gasteiger partial charge in [-0.15, -0.1) is 0 Å². The van der Waals surface area contributed by atoms with Gasteiger partial charge in [-0.2, -0.15) is 0 Å². The Morgan fingerprint density at radius 3 is 2.33 bits per heavy atom. The van der Waals surface area contributed by atoms with Crippen LogP contribution >= 0.6 is 0 Å². The van der Waals surface area contributed by atoms with Crippen LogP contribution in [0.1, 0.15) is 40.4 Å². The fourth-order valence-corrected chi connectivity index (χ4v) is 3.82. The summed E-state index contributed by atoms with van der Waals surface area (Å²) >= 11 is 0. The number of nitrogens with zero attached hydrogens (tertiary/aromatic N) is 1. The zero-order valence-electron chi connectivity index (χ0n) is 17.8. The summed E-state index contributed by atoms with van der Waals surface area (Å²) in [7, 11) is 6.17. The number of esters is 1. The van der Waals surface area contributed by atoms with E-state index in [4.69, 9.17) is 18.9 Å². The van der Waals surface area contributed by atoms with E-state index in [1.54, 1.807) is 11.9 Å². The number of ether oxygens (including phenoxy) is 4. The summed E-state index contributed by atoms with van der Waals surface area (Å²) < 4.78 is 21.1. The Kier molecular flexibility index (Phi) is 6.82. The van der Waals surface area contributed by atoms with E-state index in [9.17, 15) is 9.59 Å². The minimum absolute atomic E-state index is 0.0117. The summed E-state index contributed by atoms with van der Waals surface area (Å²) in [6.07, 6.45) is 2.93. The Hall–Kier alpha value is -3.22. The molecule has 0 saturated heterocycles. The second-order valence-electron chi connectivity index (χ2n) is 7.10. The summed E-state index contributed by atoms with van der Waals surface area (Å²) in [6.45, 7) is -0.343. The van der Waals surface area contributed by atoms with Gasteiger partial charge in [0.2, 0.25) is 5.75 Å². The minimum atomic E-state index is -0.639. The standard InChI is InChI=1S/C23H27NO6/c1-24(18-11-7-9-15-8-5-6-10-17(15)18)21(25)14-30-23(26)16-12-19(27-2)22(29-4)20(13-16)28-3/h5-6,8,10,12-13,18H,7,9,11,14H2,1-4H3. The van der Waals surface area contributed by atoms with Crippen molar-refractivity contribution in [2.24, 2.45) is 0 Å². The van der Waals surface area contributed by atoms with Crippen LogP contribution in [-0.4, -0.2) is 51.8 Å². The molecule has 1 atom stereocenters. The number of carbonyl (C=O) groups is 2. The molecule has 0 radical (unpaired) electrons. The van der Waals surface area contributed by atoms with Crippen LogP contribution in [0.25, 0.3) is 0 Å². The summed E-state index contributed by atoms with van der Waals surface area (Å²) in [5, 5.41) is 0. The maximum Gasteiger partial charge on any atom is 0.338 e. The van der Waals surface area contributed by atoms with Gasteiger partial charge in [0.25, 0.3) is 5.91 Å². The molecule has 1 aliphatic carbocycles. The lowest BCUT2D eigenvalue weighted by Gasteiger charge is -2.33. The van der Waals surface area contributed by atoms with Crippen molar-refractivity contribution in [2.75, 3.05) is 35.0 Å². The van der Waals surface area contributed by atoms with Crippen LogP contribution in [0.3, 0.4) is 0 Å². The molecule has 7 nitrogen and oxygen atoms in total. The lowest BCUT2D eigenvalue weighted by Crippen LogP contribution is -2.36. The molecular formula is C23H27NO6. The van der Waals surface area contributed by atoms with Crippen LogP contribution < -0.4 is 14.2 Å². The Labute approximate surface area is 176 Å². The first-order chi connectivity index (χ1) is 14.5. The maximum atomic E-state index is 12.7. The Morgan fingerprint density at radius 1 is 1.03 bits per heavy atom. The van der Waals surface area contributed by atoms with Crippen molar-refractivity contribution in [3.8, 4) is 17.2 Å². The van der Waals surface area contributed by atoms with Crippen molar-refractivity contribution in [1.82, 2.24) is 4.90 Å². The highest BCUT2D eigenvalue weighted by Gasteiger charge is 2.27. The molecular weight excluding hydrogens is 386 g/mol. The van der Waals surface area contributed by atoms with Crippen LogP contribution in [-0.2, 0) is 16.0 Å². The van der Waals surface area contributed by atoms with E-state index in [0.29, 0.717) is 17.2 Å². The molecule has 160 valence electrons. The fraction of sp³-hybridized carbons (Fsp3) is 0.391. The number of methoxy groups -OCH3 is 3. The molecule has 1 amide bonds. The Bertz CT molecular complexity index is 901. The van der Waals surface area contributed by atoms with Crippen LogP contribution in [0.15, 0.2) is 36.4 Å². The zero-order valence-corrected chi connectivity index (χ0v) is 17.8. The Morgan fingerprint density at radius 2 is 1.70 bits per heavy atom. The summed E-state index contributed by atoms with van der Waals surface area (Å²) in [5.74, 6) is 0.165. The molecule has 1 aliphatic rings. The number of amides is 1. The molecule has 0 aliphatic heterocycles. The highest BCUT2D eigenvalue weighted by atomic mass is 16.5. The molecule has 7 heteroatoms. The molecule has 0 saturated carbocycles. The van der Waals surface area contributed by atoms with Crippen molar-refractivity contribution < 1.29 is 28.5 Å². The van der Waals surface area contributed by atoms with Gasteiger partial charge in [-0.1, -0.05) is 24.3 Å². The average molecular weight is 413 g/mol. The molecule has 0 fully saturated rings. The lowest BCUT2D eigenvalue weighted by molar-refractivity contribution is -0.135. The second-order valence-corrected chi connectivity index (χ2v) is 7.10. The SMILES string of the molecule is COc1cc(C(=O)OCC(=O)N(C)C2CCCc3ccccc32)cc(OC)c1OC. The van der Waals surface area contributed by atoms with Gasteiger partial charge in [0, 0.05) is 7.05 Å². The third kappa shape index (κ3) is 4.35. The molecule has 0 aromatic heterocycles. The average Bonchev–Trinajstić information content (AvgIpc) is 2.80. The van der Waals surface area contributed by atoms with Gasteiger partial charge in [0.15, 0.2) is 18.1 Å². The first-order valence-electron chi connectivity index (χ1n) is 9.80. The van der Waals surface area contributed by atoms with Gasteiger partial charge < -0.3 is 23.8 Å². The van der Waals surface area contributed by atoms with E-state index in [-0.39, 0.29) is 24.1 Å². The topological polar surface area (TPSA) is 74.3 Å². The van der Waals surface area contributed by atoms with E-state index in [1.165, 1.54) is 39.0 Å². The zero-order chi connectivity index (χ0) is 21.7. The molecule has 0 bridgehead atoms. The quantitative estimate of drug-likeness (QED) is 0.648. The van der Waals surface area contributed by atoms with Crippen LogP contribution in [0.5, 0.6) is 17.2 Å². The first-order valence-corrected chi connectivity index (χ1v) is 9.80. The number of hydrogen-bond donors (Lipinski definition) is 0. The highest BCUT2D eigenvalue weighted by Crippen LogP contribution is 2.38. The summed E-state index contributed by atoms with van der Waals surface area (Å²) in [4.78, 5) is 26.9. The van der Waals surface area contributed by atoms with E-state index in [2.05, 4.69) is 12.1 Å². The largest absolute Gasteiger partial charge is 0.493 e. The number of benzene rings is 2. The molecule has 0 spiro atoms. The van der Waals surface area contributed by atoms with Crippen molar-refractivity contribution in [3.63, 3.8) is 0 Å². The van der Waals surface area contributed by atoms with Crippen molar-refractivity contribution in [1.29, 1.82) is 0 Å². The maximum absolute atomic E-state index is 12.7. The van der Waals surface area contributed by atoms with Crippen LogP contribution in [0, 0.1) is 0 Å². The number of aryl methyl sites for hydroxylation is 1. The number of rotatable bonds is 7. The second kappa shape index (κ2) is 9.52. The normalized spacial score (nSPS) is 15.0. The monoisotopic (exact) mass is 413 g/mol. The van der Waals surface area contributed by atoms with Crippen molar-refractivity contribution in [2.45, 2.75) is 25.3 Å². The number of likely N-dealkylation sites (N-methyl/N-ethyl adjacent to an activating group) is 1. The van der Waals surface area contributed by atoms with E-state index >= 15 is 0 Å². The number of fused-ring (bicyclic) bond motifs is 1. The molecule has 0 heterocycles. The van der Waals surface area contributed by atoms with Crippen molar-refractivity contribution in [3.05, 3.63) is 53.1 Å². The van der Waals surface area contributed by atoms with E-state index in [0.717, 1.165) is 24.8 Å². The number of carbonyl (C=O) groups excluding carboxylic acids is 2. The van der Waals surface area contributed by atoms with Gasteiger partial charge in [0.1, 0.15) is 0 Å². The predicted octanol–water partition coefficient (Wildman–Crippen LogP) is 3.41. The molecule has 30 heavy (non-hydrogen) atoms. The van der Waals surface area contributed by atoms with Crippen LogP contribution in [0.4, 0.5) is 0 Å². The first kappa shape index (κ1) is 21.5. The lowest BCUT2D eigenvalue weighted by atomic mass is 9.87. The third-order valence-electron chi connectivity index (χ3n) is 5.43. The molecule has 1 unspecified atom stereocenters. The molecule has 0 N–H and O–H groups in total. The Balaban J connectivity index is 1.68. The fourth-order valence-electron chi connectivity index (χ4n) is 3.82. The van der Waals surface area contributed by atoms with E-state index in [1.807, 2.05) is 12.1 Å². The van der Waals surface area contributed by atoms with Gasteiger partial charge in [-0.25, -0.2) is 4.79 Å². The van der Waals surface area contributed by atoms with Gasteiger partial charge in [-0.05, 0) is 42.5 Å². The van der Waals surface area contributed by atoms with Gasteiger partial charge in [-0.3, -0.25) is 4.79 Å². The highest BCUT2D eigenvalue weighted by molar-refractivity contribution is 5.92. The van der Waals surface area contributed by atoms with E-state index < -0.39 is 5.97 Å². The molecule has 3 rings (SSSR count). The summed E-state index contributed by atoms with van der Waals surface area (Å²) in [5.41, 5.74) is 2.64. The number of hydrogen-bond acceptors (Lipinski definition) is 6. The third-order valence-corrected chi connectivity index (χ3v) is 5.43. The predicted molar refractivity (Wildman–Crippen MR) is 111 cm³/mol. The van der Waals surface area contributed by atoms with Gasteiger partial charge in [0.05, 0.1) is 32.9 Å². The molecule has 2 aromatic rings. The van der Waals surface area contributed by atoms with Crippen LogP contribution in [0.2, 0.25) is 0 Å². The van der Waals surface area contributed by atoms with Crippen molar-refractivity contribution >= 4 is 11.9 Å². The molecule has 2 aromatic carbocycles. The smallest absolute Gasteiger partial charge is 0.338 e. The van der Waals surface area contributed by atoms with Gasteiger partial charge >= 0.3 is 5.97 Å². The minimum Gasteiger partial charge on any atom is -0.493 e. The summed E-state index contributed by atoms with van der Waals surface area (Å²) in [6, 6.07) is 11.1.